The number of hydrogen-bond acceptors (Lipinski definition) is 6. The van der Waals surface area contributed by atoms with Crippen molar-refractivity contribution >= 4 is 11.9 Å². The zero-order valence-electron chi connectivity index (χ0n) is 19.4. The highest BCUT2D eigenvalue weighted by molar-refractivity contribution is 5.95. The van der Waals surface area contributed by atoms with E-state index in [0.29, 0.717) is 49.1 Å². The van der Waals surface area contributed by atoms with E-state index in [4.69, 9.17) is 18.9 Å². The Kier molecular flexibility index (Phi) is 7.80. The molecule has 0 saturated carbocycles. The SMILES string of the molecule is CCOC(=O)c1[nH]c(C)c(CN(C[C@H]2CCCO2)C(=O)c2cc(OC)cc(OC)c2)c1C. The molecule has 1 aromatic carbocycles. The van der Waals surface area contributed by atoms with Gasteiger partial charge in [0.05, 0.1) is 26.9 Å². The first-order valence-corrected chi connectivity index (χ1v) is 10.9. The first-order valence-electron chi connectivity index (χ1n) is 10.9. The molecule has 1 aromatic heterocycles. The number of H-pyrrole nitrogens is 1. The molecule has 1 atom stereocenters. The van der Waals surface area contributed by atoms with Crippen LogP contribution in [-0.2, 0) is 16.0 Å². The van der Waals surface area contributed by atoms with Gasteiger partial charge < -0.3 is 28.8 Å². The van der Waals surface area contributed by atoms with Crippen molar-refractivity contribution in [3.8, 4) is 11.5 Å². The molecule has 1 aliphatic heterocycles. The predicted octanol–water partition coefficient (Wildman–Crippen LogP) is 3.65. The molecular formula is C24H32N2O6. The summed E-state index contributed by atoms with van der Waals surface area (Å²) >= 11 is 0. The molecular weight excluding hydrogens is 412 g/mol. The van der Waals surface area contributed by atoms with Crippen molar-refractivity contribution in [3.05, 3.63) is 46.3 Å². The summed E-state index contributed by atoms with van der Waals surface area (Å²) < 4.78 is 21.6. The van der Waals surface area contributed by atoms with Gasteiger partial charge in [-0.3, -0.25) is 4.79 Å². The molecule has 8 nitrogen and oxygen atoms in total. The summed E-state index contributed by atoms with van der Waals surface area (Å²) in [6.45, 7) is 7.34. The lowest BCUT2D eigenvalue weighted by molar-refractivity contribution is 0.0506. The zero-order valence-corrected chi connectivity index (χ0v) is 19.4. The van der Waals surface area contributed by atoms with Crippen LogP contribution >= 0.6 is 0 Å². The minimum atomic E-state index is -0.395. The van der Waals surface area contributed by atoms with Gasteiger partial charge in [-0.05, 0) is 56.9 Å². The second kappa shape index (κ2) is 10.5. The highest BCUT2D eigenvalue weighted by Gasteiger charge is 2.27. The van der Waals surface area contributed by atoms with E-state index in [9.17, 15) is 9.59 Å². The van der Waals surface area contributed by atoms with Crippen molar-refractivity contribution in [1.82, 2.24) is 9.88 Å². The average molecular weight is 445 g/mol. The largest absolute Gasteiger partial charge is 0.497 e. The molecule has 8 heteroatoms. The number of methoxy groups -OCH3 is 2. The highest BCUT2D eigenvalue weighted by Crippen LogP contribution is 2.27. The molecule has 174 valence electrons. The summed E-state index contributed by atoms with van der Waals surface area (Å²) in [6.07, 6.45) is 1.87. The number of ether oxygens (including phenoxy) is 4. The Labute approximate surface area is 188 Å². The van der Waals surface area contributed by atoms with Crippen LogP contribution in [0.15, 0.2) is 18.2 Å². The Bertz CT molecular complexity index is 939. The molecule has 0 bridgehead atoms. The molecule has 1 N–H and O–H groups in total. The number of aryl methyl sites for hydroxylation is 1. The fraction of sp³-hybridized carbons (Fsp3) is 0.500. The van der Waals surface area contributed by atoms with Crippen molar-refractivity contribution in [3.63, 3.8) is 0 Å². The number of nitrogens with one attached hydrogen (secondary N) is 1. The molecule has 0 spiro atoms. The topological polar surface area (TPSA) is 90.1 Å². The maximum atomic E-state index is 13.6. The number of hydrogen-bond donors (Lipinski definition) is 1. The van der Waals surface area contributed by atoms with Gasteiger partial charge in [-0.1, -0.05) is 0 Å². The predicted molar refractivity (Wildman–Crippen MR) is 119 cm³/mol. The molecule has 1 aliphatic rings. The van der Waals surface area contributed by atoms with Crippen LogP contribution < -0.4 is 9.47 Å². The quantitative estimate of drug-likeness (QED) is 0.594. The number of aromatic amines is 1. The molecule has 2 heterocycles. The Morgan fingerprint density at radius 1 is 1.16 bits per heavy atom. The maximum Gasteiger partial charge on any atom is 0.355 e. The lowest BCUT2D eigenvalue weighted by Gasteiger charge is -2.26. The number of carbonyl (C=O) groups excluding carboxylic acids is 2. The van der Waals surface area contributed by atoms with Gasteiger partial charge in [0.2, 0.25) is 0 Å². The minimum Gasteiger partial charge on any atom is -0.497 e. The van der Waals surface area contributed by atoms with Crippen LogP contribution in [0.1, 0.15) is 57.4 Å². The number of carbonyl (C=O) groups is 2. The normalized spacial score (nSPS) is 15.5. The summed E-state index contributed by atoms with van der Waals surface area (Å²) in [7, 11) is 3.10. The summed E-state index contributed by atoms with van der Waals surface area (Å²) in [5.41, 5.74) is 3.41. The Morgan fingerprint density at radius 3 is 2.41 bits per heavy atom. The Balaban J connectivity index is 1.93. The second-order valence-electron chi connectivity index (χ2n) is 7.87. The van der Waals surface area contributed by atoms with Gasteiger partial charge in [0.1, 0.15) is 17.2 Å². The third kappa shape index (κ3) is 5.24. The van der Waals surface area contributed by atoms with E-state index in [-0.39, 0.29) is 12.0 Å². The minimum absolute atomic E-state index is 0.0180. The lowest BCUT2D eigenvalue weighted by Crippen LogP contribution is -2.37. The van der Waals surface area contributed by atoms with Crippen LogP contribution in [0.5, 0.6) is 11.5 Å². The van der Waals surface area contributed by atoms with Crippen LogP contribution in [-0.4, -0.2) is 61.8 Å². The average Bonchev–Trinajstić information content (AvgIpc) is 3.41. The van der Waals surface area contributed by atoms with Gasteiger partial charge in [0.25, 0.3) is 5.91 Å². The summed E-state index contributed by atoms with van der Waals surface area (Å²) in [5, 5.41) is 0. The van der Waals surface area contributed by atoms with Gasteiger partial charge in [-0.2, -0.15) is 0 Å². The number of benzene rings is 1. The second-order valence-corrected chi connectivity index (χ2v) is 7.87. The summed E-state index contributed by atoms with van der Waals surface area (Å²) in [5.74, 6) is 0.538. The highest BCUT2D eigenvalue weighted by atomic mass is 16.5. The maximum absolute atomic E-state index is 13.6. The van der Waals surface area contributed by atoms with Crippen molar-refractivity contribution < 1.29 is 28.5 Å². The number of aromatic nitrogens is 1. The van der Waals surface area contributed by atoms with E-state index in [2.05, 4.69) is 4.98 Å². The van der Waals surface area contributed by atoms with E-state index < -0.39 is 5.97 Å². The van der Waals surface area contributed by atoms with Gasteiger partial charge in [-0.15, -0.1) is 0 Å². The van der Waals surface area contributed by atoms with Crippen LogP contribution in [0.2, 0.25) is 0 Å². The Morgan fingerprint density at radius 2 is 1.84 bits per heavy atom. The smallest absolute Gasteiger partial charge is 0.355 e. The van der Waals surface area contributed by atoms with Crippen molar-refractivity contribution in [2.45, 2.75) is 46.3 Å². The monoisotopic (exact) mass is 444 g/mol. The van der Waals surface area contributed by atoms with Crippen LogP contribution in [0.25, 0.3) is 0 Å². The van der Waals surface area contributed by atoms with E-state index >= 15 is 0 Å². The fourth-order valence-electron chi connectivity index (χ4n) is 3.99. The number of esters is 1. The lowest BCUT2D eigenvalue weighted by atomic mass is 10.1. The van der Waals surface area contributed by atoms with E-state index in [1.165, 1.54) is 0 Å². The van der Waals surface area contributed by atoms with Crippen LogP contribution in [0.4, 0.5) is 0 Å². The zero-order chi connectivity index (χ0) is 23.3. The van der Waals surface area contributed by atoms with Crippen LogP contribution in [0.3, 0.4) is 0 Å². The molecule has 0 unspecified atom stereocenters. The first kappa shape index (κ1) is 23.7. The van der Waals surface area contributed by atoms with Crippen molar-refractivity contribution in [2.24, 2.45) is 0 Å². The molecule has 1 amide bonds. The third-order valence-corrected chi connectivity index (χ3v) is 5.75. The third-order valence-electron chi connectivity index (χ3n) is 5.75. The van der Waals surface area contributed by atoms with E-state index in [0.717, 1.165) is 29.7 Å². The summed E-state index contributed by atoms with van der Waals surface area (Å²) in [6, 6.07) is 5.13. The fourth-order valence-corrected chi connectivity index (χ4v) is 3.99. The van der Waals surface area contributed by atoms with Gasteiger partial charge >= 0.3 is 5.97 Å². The van der Waals surface area contributed by atoms with Gasteiger partial charge in [0.15, 0.2) is 0 Å². The molecule has 2 aromatic rings. The van der Waals surface area contributed by atoms with Gasteiger partial charge in [0, 0.05) is 37.0 Å². The molecule has 0 aliphatic carbocycles. The number of rotatable bonds is 9. The van der Waals surface area contributed by atoms with E-state index in [1.54, 1.807) is 44.2 Å². The number of nitrogens with zero attached hydrogens (tertiary/aromatic N) is 1. The van der Waals surface area contributed by atoms with Crippen molar-refractivity contribution in [1.29, 1.82) is 0 Å². The van der Waals surface area contributed by atoms with Crippen molar-refractivity contribution in [2.75, 3.05) is 34.0 Å². The molecule has 1 saturated heterocycles. The molecule has 32 heavy (non-hydrogen) atoms. The standard InChI is InChI=1S/C24H32N2O6/c1-6-31-24(28)22-15(2)21(16(3)25-22)14-26(13-18-8-7-9-32-18)23(27)17-10-19(29-4)12-20(11-17)30-5/h10-12,18,25H,6-9,13-14H2,1-5H3/t18-/m1/s1. The first-order chi connectivity index (χ1) is 15.4. The number of amides is 1. The van der Waals surface area contributed by atoms with Gasteiger partial charge in [-0.25, -0.2) is 4.79 Å². The molecule has 1 fully saturated rings. The molecule has 0 radical (unpaired) electrons. The van der Waals surface area contributed by atoms with E-state index in [1.807, 2.05) is 13.8 Å². The molecule has 3 rings (SSSR count). The Hall–Kier alpha value is -3.00. The van der Waals surface area contributed by atoms with Crippen LogP contribution in [0, 0.1) is 13.8 Å². The summed E-state index contributed by atoms with van der Waals surface area (Å²) in [4.78, 5) is 30.8.